The molecule has 3 aromatic heterocycles. The second kappa shape index (κ2) is 5.14. The minimum atomic E-state index is 0.826. The highest BCUT2D eigenvalue weighted by Gasteiger charge is 2.11. The third-order valence-corrected chi connectivity index (χ3v) is 4.75. The van der Waals surface area contributed by atoms with E-state index in [1.165, 1.54) is 4.88 Å². The van der Waals surface area contributed by atoms with Gasteiger partial charge in [0.1, 0.15) is 5.69 Å². The standard InChI is InChI=1S/C13H14N4S2/c1-9-12(11-5-6-17(2)16-11)19-13(15-9)14-8-10-4-3-7-18-10/h3-7H,8H2,1-2H3,(H,14,15). The van der Waals surface area contributed by atoms with E-state index in [0.717, 1.165) is 27.9 Å². The van der Waals surface area contributed by atoms with Crippen molar-refractivity contribution < 1.29 is 0 Å². The van der Waals surface area contributed by atoms with Crippen LogP contribution >= 0.6 is 22.7 Å². The smallest absolute Gasteiger partial charge is 0.183 e. The molecule has 0 unspecified atom stereocenters. The Labute approximate surface area is 119 Å². The lowest BCUT2D eigenvalue weighted by atomic mass is 10.3. The first-order valence-corrected chi connectivity index (χ1v) is 7.65. The Morgan fingerprint density at radius 3 is 2.95 bits per heavy atom. The summed E-state index contributed by atoms with van der Waals surface area (Å²) in [5.74, 6) is 0. The van der Waals surface area contributed by atoms with Crippen LogP contribution in [0.5, 0.6) is 0 Å². The van der Waals surface area contributed by atoms with Crippen molar-refractivity contribution in [3.8, 4) is 10.6 Å². The predicted molar refractivity (Wildman–Crippen MR) is 80.7 cm³/mol. The van der Waals surface area contributed by atoms with Crippen molar-refractivity contribution >= 4 is 27.8 Å². The quantitative estimate of drug-likeness (QED) is 0.799. The molecule has 0 bridgehead atoms. The van der Waals surface area contributed by atoms with Crippen LogP contribution in [0, 0.1) is 6.92 Å². The summed E-state index contributed by atoms with van der Waals surface area (Å²) in [7, 11) is 1.93. The van der Waals surface area contributed by atoms with Crippen LogP contribution in [0.4, 0.5) is 5.13 Å². The van der Waals surface area contributed by atoms with E-state index in [2.05, 4.69) is 32.9 Å². The number of aryl methyl sites for hydroxylation is 2. The van der Waals surface area contributed by atoms with E-state index < -0.39 is 0 Å². The SMILES string of the molecule is Cc1nc(NCc2cccs2)sc1-c1ccn(C)n1. The number of aromatic nitrogens is 3. The van der Waals surface area contributed by atoms with Crippen molar-refractivity contribution in [1.29, 1.82) is 0 Å². The van der Waals surface area contributed by atoms with Crippen LogP contribution in [-0.4, -0.2) is 14.8 Å². The van der Waals surface area contributed by atoms with E-state index in [-0.39, 0.29) is 0 Å². The lowest BCUT2D eigenvalue weighted by molar-refractivity contribution is 0.771. The molecule has 0 aliphatic rings. The first kappa shape index (κ1) is 12.4. The van der Waals surface area contributed by atoms with Crippen LogP contribution in [0.1, 0.15) is 10.6 Å². The molecule has 0 saturated carbocycles. The topological polar surface area (TPSA) is 42.7 Å². The fraction of sp³-hybridized carbons (Fsp3) is 0.231. The van der Waals surface area contributed by atoms with Gasteiger partial charge in [0.05, 0.1) is 17.1 Å². The number of rotatable bonds is 4. The molecule has 3 rings (SSSR count). The molecule has 3 aromatic rings. The molecule has 0 radical (unpaired) electrons. The molecule has 3 heterocycles. The van der Waals surface area contributed by atoms with Gasteiger partial charge in [0.2, 0.25) is 0 Å². The summed E-state index contributed by atoms with van der Waals surface area (Å²) < 4.78 is 1.81. The monoisotopic (exact) mass is 290 g/mol. The highest BCUT2D eigenvalue weighted by molar-refractivity contribution is 7.19. The van der Waals surface area contributed by atoms with Crippen molar-refractivity contribution in [1.82, 2.24) is 14.8 Å². The van der Waals surface area contributed by atoms with E-state index in [9.17, 15) is 0 Å². The molecule has 4 nitrogen and oxygen atoms in total. The predicted octanol–water partition coefficient (Wildman–Crippen LogP) is 3.53. The maximum Gasteiger partial charge on any atom is 0.183 e. The van der Waals surface area contributed by atoms with Crippen molar-refractivity contribution in [2.45, 2.75) is 13.5 Å². The Morgan fingerprint density at radius 2 is 2.26 bits per heavy atom. The second-order valence-corrected chi connectivity index (χ2v) is 6.27. The Hall–Kier alpha value is -1.66. The van der Waals surface area contributed by atoms with Crippen molar-refractivity contribution in [3.63, 3.8) is 0 Å². The van der Waals surface area contributed by atoms with Gasteiger partial charge in [0.15, 0.2) is 5.13 Å². The molecular formula is C13H14N4S2. The maximum absolute atomic E-state index is 4.56. The second-order valence-electron chi connectivity index (χ2n) is 4.24. The van der Waals surface area contributed by atoms with Gasteiger partial charge in [-0.25, -0.2) is 4.98 Å². The van der Waals surface area contributed by atoms with Crippen LogP contribution in [0.3, 0.4) is 0 Å². The molecule has 0 amide bonds. The summed E-state index contributed by atoms with van der Waals surface area (Å²) in [6.07, 6.45) is 1.95. The number of nitrogens with one attached hydrogen (secondary N) is 1. The first-order valence-electron chi connectivity index (χ1n) is 5.96. The maximum atomic E-state index is 4.56. The normalized spacial score (nSPS) is 10.8. The summed E-state index contributed by atoms with van der Waals surface area (Å²) in [5, 5.41) is 10.8. The zero-order valence-corrected chi connectivity index (χ0v) is 12.4. The van der Waals surface area contributed by atoms with Crippen molar-refractivity contribution in [2.24, 2.45) is 7.05 Å². The summed E-state index contributed by atoms with van der Waals surface area (Å²) in [4.78, 5) is 7.00. The molecule has 19 heavy (non-hydrogen) atoms. The van der Waals surface area contributed by atoms with Gasteiger partial charge in [0.25, 0.3) is 0 Å². The van der Waals surface area contributed by atoms with Gasteiger partial charge in [-0.1, -0.05) is 17.4 Å². The van der Waals surface area contributed by atoms with Crippen LogP contribution in [0.15, 0.2) is 29.8 Å². The lowest BCUT2D eigenvalue weighted by Gasteiger charge is -1.98. The van der Waals surface area contributed by atoms with Crippen LogP contribution in [0.25, 0.3) is 10.6 Å². The minimum Gasteiger partial charge on any atom is -0.357 e. The first-order chi connectivity index (χ1) is 9.22. The average molecular weight is 290 g/mol. The fourth-order valence-corrected chi connectivity index (χ4v) is 3.39. The molecule has 0 saturated heterocycles. The molecule has 0 fully saturated rings. The Balaban J connectivity index is 1.77. The van der Waals surface area contributed by atoms with Crippen LogP contribution in [-0.2, 0) is 13.6 Å². The van der Waals surface area contributed by atoms with Gasteiger partial charge in [0, 0.05) is 18.1 Å². The highest BCUT2D eigenvalue weighted by atomic mass is 32.1. The van der Waals surface area contributed by atoms with Gasteiger partial charge < -0.3 is 5.32 Å². The van der Waals surface area contributed by atoms with Gasteiger partial charge in [-0.2, -0.15) is 5.10 Å². The summed E-state index contributed by atoms with van der Waals surface area (Å²) in [5.41, 5.74) is 2.01. The van der Waals surface area contributed by atoms with Crippen molar-refractivity contribution in [2.75, 3.05) is 5.32 Å². The van der Waals surface area contributed by atoms with E-state index >= 15 is 0 Å². The number of hydrogen-bond acceptors (Lipinski definition) is 5. The number of thiophene rings is 1. The summed E-state index contributed by atoms with van der Waals surface area (Å²) in [6, 6.07) is 6.20. The van der Waals surface area contributed by atoms with E-state index in [4.69, 9.17) is 0 Å². The molecular weight excluding hydrogens is 276 g/mol. The minimum absolute atomic E-state index is 0.826. The molecule has 1 N–H and O–H groups in total. The Bertz CT molecular complexity index is 667. The lowest BCUT2D eigenvalue weighted by Crippen LogP contribution is -1.96. The molecule has 0 atom stereocenters. The van der Waals surface area contributed by atoms with Gasteiger partial charge in [-0.3, -0.25) is 4.68 Å². The van der Waals surface area contributed by atoms with Gasteiger partial charge in [-0.15, -0.1) is 11.3 Å². The summed E-state index contributed by atoms with van der Waals surface area (Å²) in [6.45, 7) is 2.85. The van der Waals surface area contributed by atoms with Crippen LogP contribution < -0.4 is 5.32 Å². The van der Waals surface area contributed by atoms with E-state index in [0.29, 0.717) is 0 Å². The number of hydrogen-bond donors (Lipinski definition) is 1. The molecule has 98 valence electrons. The average Bonchev–Trinajstić information content (AvgIpc) is 3.07. The Kier molecular flexibility index (Phi) is 3.35. The van der Waals surface area contributed by atoms with E-state index in [1.54, 1.807) is 22.7 Å². The molecule has 0 aromatic carbocycles. The molecule has 0 aliphatic heterocycles. The summed E-state index contributed by atoms with van der Waals surface area (Å²) >= 11 is 3.41. The zero-order valence-electron chi connectivity index (χ0n) is 10.8. The molecule has 6 heteroatoms. The number of nitrogens with zero attached hydrogens (tertiary/aromatic N) is 3. The van der Waals surface area contributed by atoms with Gasteiger partial charge in [-0.05, 0) is 24.4 Å². The fourth-order valence-electron chi connectivity index (χ4n) is 1.82. The highest BCUT2D eigenvalue weighted by Crippen LogP contribution is 2.31. The van der Waals surface area contributed by atoms with Crippen molar-refractivity contribution in [3.05, 3.63) is 40.3 Å². The van der Waals surface area contributed by atoms with Gasteiger partial charge >= 0.3 is 0 Å². The number of anilines is 1. The van der Waals surface area contributed by atoms with Crippen LogP contribution in [0.2, 0.25) is 0 Å². The molecule has 0 spiro atoms. The van der Waals surface area contributed by atoms with E-state index in [1.807, 2.05) is 30.9 Å². The Morgan fingerprint density at radius 1 is 1.37 bits per heavy atom. The molecule has 0 aliphatic carbocycles. The zero-order chi connectivity index (χ0) is 13.2. The number of thiazole rings is 1. The third-order valence-electron chi connectivity index (χ3n) is 2.74. The largest absolute Gasteiger partial charge is 0.357 e. The third kappa shape index (κ3) is 2.69.